The van der Waals surface area contributed by atoms with Gasteiger partial charge in [0.15, 0.2) is 6.29 Å². The Bertz CT molecular complexity index is 740. The van der Waals surface area contributed by atoms with Gasteiger partial charge in [0.2, 0.25) is 0 Å². The van der Waals surface area contributed by atoms with E-state index in [2.05, 4.69) is 0 Å². The van der Waals surface area contributed by atoms with Gasteiger partial charge in [-0.25, -0.2) is 4.79 Å². The molecule has 162 valence electrons. The molecule has 2 atom stereocenters. The summed E-state index contributed by atoms with van der Waals surface area (Å²) in [6.45, 7) is 4.09. The molecule has 0 spiro atoms. The Morgan fingerprint density at radius 3 is 2.57 bits per heavy atom. The Hall–Kier alpha value is -2.41. The Kier molecular flexibility index (Phi) is 9.15. The summed E-state index contributed by atoms with van der Waals surface area (Å²) in [6.07, 6.45) is 2.56. The first-order valence-corrected chi connectivity index (χ1v) is 10.5. The van der Waals surface area contributed by atoms with Gasteiger partial charge < -0.3 is 23.7 Å². The van der Waals surface area contributed by atoms with Crippen molar-refractivity contribution in [3.8, 4) is 5.75 Å². The highest BCUT2D eigenvalue weighted by atomic mass is 16.7. The van der Waals surface area contributed by atoms with Gasteiger partial charge in [0, 0.05) is 6.61 Å². The number of hydrogen-bond donors (Lipinski definition) is 0. The number of carbonyl (C=O) groups excluding carboxylic acids is 1. The first-order valence-electron chi connectivity index (χ1n) is 10.5. The van der Waals surface area contributed by atoms with Gasteiger partial charge in [0.25, 0.3) is 0 Å². The third-order valence-corrected chi connectivity index (χ3v) is 4.70. The molecule has 6 nitrogen and oxygen atoms in total. The van der Waals surface area contributed by atoms with Crippen molar-refractivity contribution in [2.75, 3.05) is 26.4 Å². The van der Waals surface area contributed by atoms with Crippen LogP contribution >= 0.6 is 0 Å². The molecule has 0 aliphatic carbocycles. The minimum Gasteiger partial charge on any atom is -0.491 e. The van der Waals surface area contributed by atoms with Crippen LogP contribution in [0.25, 0.3) is 0 Å². The summed E-state index contributed by atoms with van der Waals surface area (Å²) in [7, 11) is 0. The Labute approximate surface area is 178 Å². The van der Waals surface area contributed by atoms with E-state index in [1.54, 1.807) is 31.2 Å². The van der Waals surface area contributed by atoms with E-state index in [1.807, 2.05) is 30.3 Å². The van der Waals surface area contributed by atoms with Crippen LogP contribution < -0.4 is 4.74 Å². The lowest BCUT2D eigenvalue weighted by Gasteiger charge is -2.27. The van der Waals surface area contributed by atoms with E-state index in [9.17, 15) is 4.79 Å². The molecule has 0 bridgehead atoms. The SMILES string of the molecule is CCOC(=O)c1ccc(OCC(COCc2ccccc2)OC2CCCCO2)cc1. The highest BCUT2D eigenvalue weighted by Crippen LogP contribution is 2.18. The number of hydrogen-bond acceptors (Lipinski definition) is 6. The Morgan fingerprint density at radius 1 is 1.07 bits per heavy atom. The second-order valence-electron chi connectivity index (χ2n) is 7.11. The lowest BCUT2D eigenvalue weighted by molar-refractivity contribution is -0.203. The third-order valence-electron chi connectivity index (χ3n) is 4.70. The Balaban J connectivity index is 1.52. The smallest absolute Gasteiger partial charge is 0.338 e. The summed E-state index contributed by atoms with van der Waals surface area (Å²) in [5, 5.41) is 0. The average molecular weight is 414 g/mol. The molecular weight excluding hydrogens is 384 g/mol. The predicted octanol–water partition coefficient (Wildman–Crippen LogP) is 4.37. The molecule has 6 heteroatoms. The van der Waals surface area contributed by atoms with Crippen LogP contribution in [0.2, 0.25) is 0 Å². The molecule has 0 radical (unpaired) electrons. The van der Waals surface area contributed by atoms with Crippen LogP contribution in [0.5, 0.6) is 5.75 Å². The summed E-state index contributed by atoms with van der Waals surface area (Å²) < 4.78 is 28.6. The first-order chi connectivity index (χ1) is 14.7. The normalized spacial score (nSPS) is 17.3. The predicted molar refractivity (Wildman–Crippen MR) is 112 cm³/mol. The fraction of sp³-hybridized carbons (Fsp3) is 0.458. The number of benzene rings is 2. The van der Waals surface area contributed by atoms with Crippen molar-refractivity contribution >= 4 is 5.97 Å². The van der Waals surface area contributed by atoms with Gasteiger partial charge in [0.05, 0.1) is 25.4 Å². The van der Waals surface area contributed by atoms with E-state index >= 15 is 0 Å². The first kappa shape index (κ1) is 22.3. The van der Waals surface area contributed by atoms with Crippen LogP contribution in [-0.4, -0.2) is 44.8 Å². The van der Waals surface area contributed by atoms with Gasteiger partial charge in [-0.3, -0.25) is 0 Å². The van der Waals surface area contributed by atoms with Crippen molar-refractivity contribution in [1.29, 1.82) is 0 Å². The molecule has 1 heterocycles. The van der Waals surface area contributed by atoms with Gasteiger partial charge in [-0.1, -0.05) is 30.3 Å². The summed E-state index contributed by atoms with van der Waals surface area (Å²) in [5.41, 5.74) is 1.61. The molecule has 0 saturated carbocycles. The van der Waals surface area contributed by atoms with Crippen molar-refractivity contribution < 1.29 is 28.5 Å². The third kappa shape index (κ3) is 7.44. The number of carbonyl (C=O) groups is 1. The topological polar surface area (TPSA) is 63.2 Å². The minimum atomic E-state index is -0.339. The molecule has 1 fully saturated rings. The zero-order valence-corrected chi connectivity index (χ0v) is 17.5. The molecule has 0 N–H and O–H groups in total. The molecular formula is C24H30O6. The second kappa shape index (κ2) is 12.3. The molecule has 30 heavy (non-hydrogen) atoms. The van der Waals surface area contributed by atoms with E-state index in [0.717, 1.165) is 31.4 Å². The van der Waals surface area contributed by atoms with Crippen molar-refractivity contribution in [1.82, 2.24) is 0 Å². The van der Waals surface area contributed by atoms with E-state index in [0.29, 0.717) is 37.7 Å². The molecule has 2 aromatic rings. The zero-order valence-electron chi connectivity index (χ0n) is 17.5. The van der Waals surface area contributed by atoms with Crippen molar-refractivity contribution in [3.63, 3.8) is 0 Å². The van der Waals surface area contributed by atoms with Gasteiger partial charge in [-0.05, 0) is 56.0 Å². The zero-order chi connectivity index (χ0) is 21.0. The van der Waals surface area contributed by atoms with Crippen LogP contribution in [0.3, 0.4) is 0 Å². The van der Waals surface area contributed by atoms with Crippen molar-refractivity contribution in [3.05, 3.63) is 65.7 Å². The molecule has 0 aromatic heterocycles. The van der Waals surface area contributed by atoms with E-state index in [4.69, 9.17) is 23.7 Å². The summed E-state index contributed by atoms with van der Waals surface area (Å²) in [6, 6.07) is 16.9. The molecule has 1 saturated heterocycles. The van der Waals surface area contributed by atoms with Crippen LogP contribution in [0.1, 0.15) is 42.1 Å². The monoisotopic (exact) mass is 414 g/mol. The maximum atomic E-state index is 11.8. The van der Waals surface area contributed by atoms with Gasteiger partial charge in [-0.2, -0.15) is 0 Å². The van der Waals surface area contributed by atoms with Gasteiger partial charge in [0.1, 0.15) is 18.5 Å². The maximum Gasteiger partial charge on any atom is 0.338 e. The standard InChI is InChI=1S/C24H30O6/c1-2-27-24(25)20-11-13-21(14-12-20)29-18-22(30-23-10-6-7-15-28-23)17-26-16-19-8-4-3-5-9-19/h3-5,8-9,11-14,22-23H,2,6-7,10,15-18H2,1H3. The number of esters is 1. The van der Waals surface area contributed by atoms with Crippen LogP contribution in [0.4, 0.5) is 0 Å². The molecule has 1 aliphatic heterocycles. The van der Waals surface area contributed by atoms with Crippen LogP contribution in [-0.2, 0) is 25.6 Å². The van der Waals surface area contributed by atoms with E-state index in [1.165, 1.54) is 0 Å². The quantitative estimate of drug-likeness (QED) is 0.509. The van der Waals surface area contributed by atoms with Crippen LogP contribution in [0, 0.1) is 0 Å². The average Bonchev–Trinajstić information content (AvgIpc) is 2.79. The van der Waals surface area contributed by atoms with Crippen molar-refractivity contribution in [2.45, 2.75) is 45.2 Å². The fourth-order valence-corrected chi connectivity index (χ4v) is 3.13. The van der Waals surface area contributed by atoms with E-state index < -0.39 is 0 Å². The highest BCUT2D eigenvalue weighted by Gasteiger charge is 2.21. The van der Waals surface area contributed by atoms with Crippen LogP contribution in [0.15, 0.2) is 54.6 Å². The molecule has 1 aliphatic rings. The summed E-state index contributed by atoms with van der Waals surface area (Å²) in [5.74, 6) is 0.318. The lowest BCUT2D eigenvalue weighted by Crippen LogP contribution is -2.34. The molecule has 2 aromatic carbocycles. The maximum absolute atomic E-state index is 11.8. The Morgan fingerprint density at radius 2 is 1.87 bits per heavy atom. The molecule has 0 amide bonds. The molecule has 2 unspecified atom stereocenters. The summed E-state index contributed by atoms with van der Waals surface area (Å²) >= 11 is 0. The van der Waals surface area contributed by atoms with Gasteiger partial charge in [-0.15, -0.1) is 0 Å². The molecule has 3 rings (SSSR count). The number of rotatable bonds is 11. The van der Waals surface area contributed by atoms with E-state index in [-0.39, 0.29) is 18.4 Å². The second-order valence-corrected chi connectivity index (χ2v) is 7.11. The largest absolute Gasteiger partial charge is 0.491 e. The number of ether oxygens (including phenoxy) is 5. The lowest BCUT2D eigenvalue weighted by atomic mass is 10.2. The van der Waals surface area contributed by atoms with Crippen molar-refractivity contribution in [2.24, 2.45) is 0 Å². The highest BCUT2D eigenvalue weighted by molar-refractivity contribution is 5.89. The fourth-order valence-electron chi connectivity index (χ4n) is 3.13. The van der Waals surface area contributed by atoms with Gasteiger partial charge >= 0.3 is 5.97 Å². The minimum absolute atomic E-state index is 0.223. The summed E-state index contributed by atoms with van der Waals surface area (Å²) in [4.78, 5) is 11.8.